The lowest BCUT2D eigenvalue weighted by Gasteiger charge is -2.32. The molecular formula is C15H16N2O4. The van der Waals surface area contributed by atoms with Gasteiger partial charge in [0.05, 0.1) is 19.6 Å². The standard InChI is InChI=1S/C15H16N2O4/c18-14(17-5-6-21-9-13(17)15(19)20)8-10-1-2-12-11(7-10)3-4-16-12/h1-4,7,13,16H,5-6,8-9H2,(H,19,20). The predicted molar refractivity (Wildman–Crippen MR) is 76.0 cm³/mol. The molecule has 6 heteroatoms. The summed E-state index contributed by atoms with van der Waals surface area (Å²) in [5, 5.41) is 10.2. The molecular weight excluding hydrogens is 272 g/mol. The van der Waals surface area contributed by atoms with Crippen LogP contribution in [0.4, 0.5) is 0 Å². The minimum absolute atomic E-state index is 0.0535. The Morgan fingerprint density at radius 1 is 1.38 bits per heavy atom. The van der Waals surface area contributed by atoms with Crippen molar-refractivity contribution in [2.75, 3.05) is 19.8 Å². The highest BCUT2D eigenvalue weighted by Crippen LogP contribution is 2.16. The van der Waals surface area contributed by atoms with E-state index in [-0.39, 0.29) is 18.9 Å². The van der Waals surface area contributed by atoms with Crippen molar-refractivity contribution >= 4 is 22.8 Å². The van der Waals surface area contributed by atoms with E-state index in [4.69, 9.17) is 9.84 Å². The second-order valence-electron chi connectivity index (χ2n) is 5.09. The van der Waals surface area contributed by atoms with E-state index in [0.29, 0.717) is 13.2 Å². The van der Waals surface area contributed by atoms with Crippen LogP contribution in [0.5, 0.6) is 0 Å². The van der Waals surface area contributed by atoms with E-state index in [2.05, 4.69) is 4.98 Å². The molecule has 0 aliphatic carbocycles. The first-order chi connectivity index (χ1) is 10.1. The second-order valence-corrected chi connectivity index (χ2v) is 5.09. The Morgan fingerprint density at radius 2 is 2.24 bits per heavy atom. The van der Waals surface area contributed by atoms with E-state index >= 15 is 0 Å². The van der Waals surface area contributed by atoms with Crippen LogP contribution in [0.15, 0.2) is 30.5 Å². The molecule has 1 aliphatic heterocycles. The summed E-state index contributed by atoms with van der Waals surface area (Å²) in [5.41, 5.74) is 1.89. The normalized spacial score (nSPS) is 18.9. The summed E-state index contributed by atoms with van der Waals surface area (Å²) in [6.45, 7) is 0.756. The van der Waals surface area contributed by atoms with Crippen LogP contribution < -0.4 is 0 Å². The molecule has 1 aromatic heterocycles. The molecule has 0 bridgehead atoms. The number of carbonyl (C=O) groups excluding carboxylic acids is 1. The number of aromatic amines is 1. The van der Waals surface area contributed by atoms with Gasteiger partial charge in [-0.25, -0.2) is 4.79 Å². The van der Waals surface area contributed by atoms with Gasteiger partial charge >= 0.3 is 5.97 Å². The maximum Gasteiger partial charge on any atom is 0.328 e. The van der Waals surface area contributed by atoms with Gasteiger partial charge in [-0.2, -0.15) is 0 Å². The Kier molecular flexibility index (Phi) is 3.62. The first-order valence-electron chi connectivity index (χ1n) is 6.81. The van der Waals surface area contributed by atoms with Crippen LogP contribution >= 0.6 is 0 Å². The van der Waals surface area contributed by atoms with Crippen LogP contribution in [0, 0.1) is 0 Å². The van der Waals surface area contributed by atoms with Crippen LogP contribution in [-0.4, -0.2) is 52.7 Å². The predicted octanol–water partition coefficient (Wildman–Crippen LogP) is 1.02. The number of benzene rings is 1. The molecule has 1 amide bonds. The summed E-state index contributed by atoms with van der Waals surface area (Å²) in [5.74, 6) is -1.20. The van der Waals surface area contributed by atoms with Crippen molar-refractivity contribution in [2.24, 2.45) is 0 Å². The molecule has 0 spiro atoms. The average Bonchev–Trinajstić information content (AvgIpc) is 2.94. The minimum atomic E-state index is -1.02. The smallest absolute Gasteiger partial charge is 0.328 e. The zero-order chi connectivity index (χ0) is 14.8. The summed E-state index contributed by atoms with van der Waals surface area (Å²) in [6, 6.07) is 6.80. The van der Waals surface area contributed by atoms with E-state index < -0.39 is 12.0 Å². The SMILES string of the molecule is O=C(O)C1COCCN1C(=O)Cc1ccc2[nH]ccc2c1. The maximum atomic E-state index is 12.4. The lowest BCUT2D eigenvalue weighted by atomic mass is 10.1. The number of H-pyrrole nitrogens is 1. The van der Waals surface area contributed by atoms with Crippen LogP contribution in [0.1, 0.15) is 5.56 Å². The molecule has 6 nitrogen and oxygen atoms in total. The number of nitrogens with zero attached hydrogens (tertiary/aromatic N) is 1. The molecule has 1 unspecified atom stereocenters. The molecule has 2 N–H and O–H groups in total. The number of nitrogens with one attached hydrogen (secondary N) is 1. The van der Waals surface area contributed by atoms with Gasteiger partial charge in [0.2, 0.25) is 5.91 Å². The Bertz CT molecular complexity index is 679. The Hall–Kier alpha value is -2.34. The lowest BCUT2D eigenvalue weighted by molar-refractivity contribution is -0.158. The van der Waals surface area contributed by atoms with Crippen LogP contribution in [-0.2, 0) is 20.7 Å². The van der Waals surface area contributed by atoms with E-state index in [1.807, 2.05) is 30.5 Å². The molecule has 1 fully saturated rings. The molecule has 1 atom stereocenters. The first kappa shape index (κ1) is 13.6. The number of fused-ring (bicyclic) bond motifs is 1. The number of morpholine rings is 1. The third-order valence-electron chi connectivity index (χ3n) is 3.71. The molecule has 21 heavy (non-hydrogen) atoms. The molecule has 2 aromatic rings. The van der Waals surface area contributed by atoms with E-state index in [1.165, 1.54) is 4.90 Å². The van der Waals surface area contributed by atoms with Crippen molar-refractivity contribution in [2.45, 2.75) is 12.5 Å². The van der Waals surface area contributed by atoms with Gasteiger partial charge in [-0.3, -0.25) is 4.79 Å². The van der Waals surface area contributed by atoms with E-state index in [0.717, 1.165) is 16.5 Å². The van der Waals surface area contributed by atoms with Gasteiger partial charge in [0, 0.05) is 18.3 Å². The van der Waals surface area contributed by atoms with Gasteiger partial charge in [0.1, 0.15) is 0 Å². The highest BCUT2D eigenvalue weighted by Gasteiger charge is 2.32. The largest absolute Gasteiger partial charge is 0.480 e. The molecule has 0 radical (unpaired) electrons. The molecule has 110 valence electrons. The van der Waals surface area contributed by atoms with E-state index in [1.54, 1.807) is 0 Å². The molecule has 1 saturated heterocycles. The van der Waals surface area contributed by atoms with Crippen molar-refractivity contribution in [3.8, 4) is 0 Å². The van der Waals surface area contributed by atoms with Crippen molar-refractivity contribution in [3.05, 3.63) is 36.0 Å². The summed E-state index contributed by atoms with van der Waals surface area (Å²) in [7, 11) is 0. The second kappa shape index (κ2) is 5.57. The molecule has 2 heterocycles. The van der Waals surface area contributed by atoms with Gasteiger partial charge < -0.3 is 19.7 Å². The molecule has 3 rings (SSSR count). The number of amides is 1. The Morgan fingerprint density at radius 3 is 3.05 bits per heavy atom. The van der Waals surface area contributed by atoms with Gasteiger partial charge in [-0.05, 0) is 29.1 Å². The fourth-order valence-electron chi connectivity index (χ4n) is 2.60. The summed E-state index contributed by atoms with van der Waals surface area (Å²) in [6.07, 6.45) is 2.05. The van der Waals surface area contributed by atoms with Crippen molar-refractivity contribution in [1.82, 2.24) is 9.88 Å². The number of ether oxygens (including phenoxy) is 1. The maximum absolute atomic E-state index is 12.4. The zero-order valence-electron chi connectivity index (χ0n) is 11.4. The number of rotatable bonds is 3. The fraction of sp³-hybridized carbons (Fsp3) is 0.333. The summed E-state index contributed by atoms with van der Waals surface area (Å²) >= 11 is 0. The Labute approximate surface area is 121 Å². The highest BCUT2D eigenvalue weighted by atomic mass is 16.5. The van der Waals surface area contributed by atoms with Gasteiger partial charge in [0.15, 0.2) is 6.04 Å². The average molecular weight is 288 g/mol. The number of aliphatic carboxylic acids is 1. The Balaban J connectivity index is 1.76. The summed E-state index contributed by atoms with van der Waals surface area (Å²) in [4.78, 5) is 28.0. The van der Waals surface area contributed by atoms with Crippen LogP contribution in [0.3, 0.4) is 0 Å². The minimum Gasteiger partial charge on any atom is -0.480 e. The lowest BCUT2D eigenvalue weighted by Crippen LogP contribution is -2.53. The quantitative estimate of drug-likeness (QED) is 0.883. The highest BCUT2D eigenvalue weighted by molar-refractivity contribution is 5.87. The third-order valence-corrected chi connectivity index (χ3v) is 3.71. The van der Waals surface area contributed by atoms with Crippen LogP contribution in [0.25, 0.3) is 10.9 Å². The number of aromatic nitrogens is 1. The number of carboxylic acids is 1. The number of hydrogen-bond donors (Lipinski definition) is 2. The first-order valence-corrected chi connectivity index (χ1v) is 6.81. The molecule has 1 aromatic carbocycles. The van der Waals surface area contributed by atoms with Crippen molar-refractivity contribution in [3.63, 3.8) is 0 Å². The molecule has 0 saturated carbocycles. The van der Waals surface area contributed by atoms with Gasteiger partial charge in [0.25, 0.3) is 0 Å². The summed E-state index contributed by atoms with van der Waals surface area (Å²) < 4.78 is 5.14. The van der Waals surface area contributed by atoms with Crippen molar-refractivity contribution < 1.29 is 19.4 Å². The number of carbonyl (C=O) groups is 2. The van der Waals surface area contributed by atoms with Gasteiger partial charge in [-0.1, -0.05) is 6.07 Å². The van der Waals surface area contributed by atoms with Gasteiger partial charge in [-0.15, -0.1) is 0 Å². The fourth-order valence-corrected chi connectivity index (χ4v) is 2.60. The monoisotopic (exact) mass is 288 g/mol. The van der Waals surface area contributed by atoms with Crippen LogP contribution in [0.2, 0.25) is 0 Å². The molecule has 1 aliphatic rings. The zero-order valence-corrected chi connectivity index (χ0v) is 11.4. The van der Waals surface area contributed by atoms with Crippen molar-refractivity contribution in [1.29, 1.82) is 0 Å². The topological polar surface area (TPSA) is 82.6 Å². The third kappa shape index (κ3) is 2.75. The van der Waals surface area contributed by atoms with E-state index in [9.17, 15) is 9.59 Å². The number of hydrogen-bond acceptors (Lipinski definition) is 3. The number of carboxylic acid groups (broad SMARTS) is 1.